The van der Waals surface area contributed by atoms with Gasteiger partial charge >= 0.3 is 11.9 Å². The molecule has 0 N–H and O–H groups in total. The zero-order valence-electron chi connectivity index (χ0n) is 21.8. The number of allylic oxidation sites excluding steroid dienone is 1. The maximum atomic E-state index is 13.8. The third-order valence-electron chi connectivity index (χ3n) is 5.77. The normalized spacial score (nSPS) is 15.0. The lowest BCUT2D eigenvalue weighted by atomic mass is 9.95. The van der Waals surface area contributed by atoms with Crippen LogP contribution in [-0.4, -0.2) is 36.8 Å². The van der Waals surface area contributed by atoms with Crippen molar-refractivity contribution >= 4 is 29.4 Å². The number of fused-ring (bicyclic) bond motifs is 1. The molecule has 0 aliphatic carbocycles. The molecule has 3 aromatic rings. The molecule has 0 radical (unpaired) electrons. The summed E-state index contributed by atoms with van der Waals surface area (Å²) >= 11 is 1.21. The molecule has 1 aliphatic heterocycles. The van der Waals surface area contributed by atoms with Crippen molar-refractivity contribution in [3.8, 4) is 17.2 Å². The maximum Gasteiger partial charge on any atom is 0.338 e. The van der Waals surface area contributed by atoms with Gasteiger partial charge in [0.15, 0.2) is 16.3 Å². The number of hydrogen-bond acceptors (Lipinski definition) is 9. The number of ether oxygens (including phenoxy) is 4. The summed E-state index contributed by atoms with van der Waals surface area (Å²) in [4.78, 5) is 43.4. The Hall–Kier alpha value is -4.18. The van der Waals surface area contributed by atoms with E-state index in [2.05, 4.69) is 4.99 Å². The van der Waals surface area contributed by atoms with Gasteiger partial charge in [-0.2, -0.15) is 0 Å². The van der Waals surface area contributed by atoms with Crippen LogP contribution >= 0.6 is 11.3 Å². The van der Waals surface area contributed by atoms with Gasteiger partial charge < -0.3 is 18.9 Å². The summed E-state index contributed by atoms with van der Waals surface area (Å²) in [6, 6.07) is 11.5. The van der Waals surface area contributed by atoms with Crippen molar-refractivity contribution in [2.24, 2.45) is 4.99 Å². The number of methoxy groups -OCH3 is 1. The summed E-state index contributed by atoms with van der Waals surface area (Å²) in [5.41, 5.74) is 1.74. The number of benzene rings is 2. The fraction of sp³-hybridized carbons (Fsp3) is 0.286. The highest BCUT2D eigenvalue weighted by molar-refractivity contribution is 7.07. The highest BCUT2D eigenvalue weighted by Gasteiger charge is 2.34. The smallest absolute Gasteiger partial charge is 0.338 e. The Morgan fingerprint density at radius 1 is 1.08 bits per heavy atom. The van der Waals surface area contributed by atoms with Gasteiger partial charge in [-0.15, -0.1) is 0 Å². The fourth-order valence-corrected chi connectivity index (χ4v) is 5.30. The number of nitrogens with zero attached hydrogens (tertiary/aromatic N) is 2. The number of esters is 2. The lowest BCUT2D eigenvalue weighted by Crippen LogP contribution is -2.40. The largest absolute Gasteiger partial charge is 0.496 e. The third kappa shape index (κ3) is 5.26. The Bertz CT molecular complexity index is 1600. The van der Waals surface area contributed by atoms with Crippen LogP contribution in [0.5, 0.6) is 17.2 Å². The van der Waals surface area contributed by atoms with Gasteiger partial charge in [-0.1, -0.05) is 35.6 Å². The van der Waals surface area contributed by atoms with E-state index in [9.17, 15) is 14.4 Å². The third-order valence-corrected chi connectivity index (χ3v) is 6.75. The van der Waals surface area contributed by atoms with Crippen LogP contribution in [0, 0.1) is 0 Å². The second-order valence-electron chi connectivity index (χ2n) is 8.28. The molecule has 2 heterocycles. The van der Waals surface area contributed by atoms with Crippen molar-refractivity contribution in [3.63, 3.8) is 0 Å². The summed E-state index contributed by atoms with van der Waals surface area (Å²) in [7, 11) is 1.54. The van der Waals surface area contributed by atoms with Crippen molar-refractivity contribution in [1.29, 1.82) is 0 Å². The molecule has 2 aromatic carbocycles. The van der Waals surface area contributed by atoms with Gasteiger partial charge in [0.25, 0.3) is 5.56 Å². The molecule has 0 amide bonds. The van der Waals surface area contributed by atoms with Crippen LogP contribution in [0.15, 0.2) is 63.5 Å². The van der Waals surface area contributed by atoms with E-state index < -0.39 is 18.0 Å². The molecular formula is C28H28N2O7S. The zero-order valence-corrected chi connectivity index (χ0v) is 22.6. The topological polar surface area (TPSA) is 105 Å². The number of rotatable bonds is 8. The van der Waals surface area contributed by atoms with Crippen molar-refractivity contribution in [3.05, 3.63) is 84.5 Å². The fourth-order valence-electron chi connectivity index (χ4n) is 4.25. The van der Waals surface area contributed by atoms with Gasteiger partial charge in [-0.05, 0) is 50.6 Å². The van der Waals surface area contributed by atoms with Crippen molar-refractivity contribution in [2.45, 2.75) is 33.7 Å². The van der Waals surface area contributed by atoms with E-state index in [0.29, 0.717) is 50.0 Å². The second kappa shape index (κ2) is 11.5. The van der Waals surface area contributed by atoms with Crippen LogP contribution in [0.2, 0.25) is 0 Å². The van der Waals surface area contributed by atoms with E-state index in [1.165, 1.54) is 22.8 Å². The molecule has 0 bridgehead atoms. The van der Waals surface area contributed by atoms with E-state index in [-0.39, 0.29) is 17.7 Å². The SMILES string of the molecule is CCOC(=O)C1=C(C)N=c2sc(=Cc3ccc(OC(C)=O)c(OCC)c3)c(=O)n2C1c1ccccc1OC. The monoisotopic (exact) mass is 536 g/mol. The molecule has 38 heavy (non-hydrogen) atoms. The number of carbonyl (C=O) groups is 2. The minimum atomic E-state index is -0.783. The standard InChI is InChI=1S/C28H28N2O7S/c1-6-35-22-14-18(12-13-21(22)37-17(4)31)15-23-26(32)30-25(19-10-8-9-11-20(19)34-5)24(27(33)36-7-2)16(3)29-28(30)38-23/h8-15,25H,6-7H2,1-5H3. The molecule has 0 fully saturated rings. The lowest BCUT2D eigenvalue weighted by Gasteiger charge is -2.25. The van der Waals surface area contributed by atoms with Gasteiger partial charge in [0.2, 0.25) is 0 Å². The lowest BCUT2D eigenvalue weighted by molar-refractivity contribution is -0.139. The predicted octanol–water partition coefficient (Wildman–Crippen LogP) is 3.13. The molecule has 1 unspecified atom stereocenters. The first-order chi connectivity index (χ1) is 18.3. The van der Waals surface area contributed by atoms with Crippen molar-refractivity contribution in [1.82, 2.24) is 4.57 Å². The molecule has 198 valence electrons. The van der Waals surface area contributed by atoms with Crippen LogP contribution in [0.25, 0.3) is 6.08 Å². The van der Waals surface area contributed by atoms with Gasteiger partial charge in [-0.3, -0.25) is 14.2 Å². The maximum absolute atomic E-state index is 13.8. The molecule has 4 rings (SSSR count). The number of thiazole rings is 1. The van der Waals surface area contributed by atoms with Gasteiger partial charge in [0.1, 0.15) is 11.8 Å². The predicted molar refractivity (Wildman–Crippen MR) is 142 cm³/mol. The van der Waals surface area contributed by atoms with E-state index in [1.54, 1.807) is 51.3 Å². The Morgan fingerprint density at radius 2 is 1.84 bits per heavy atom. The summed E-state index contributed by atoms with van der Waals surface area (Å²) in [5.74, 6) is 0.212. The Labute approximate surface area is 223 Å². The number of para-hydroxylation sites is 1. The Morgan fingerprint density at radius 3 is 2.53 bits per heavy atom. The summed E-state index contributed by atoms with van der Waals surface area (Å²) < 4.78 is 23.7. The van der Waals surface area contributed by atoms with E-state index in [4.69, 9.17) is 18.9 Å². The molecule has 1 atom stereocenters. The van der Waals surface area contributed by atoms with E-state index in [1.807, 2.05) is 25.1 Å². The van der Waals surface area contributed by atoms with Gasteiger partial charge in [0.05, 0.1) is 36.1 Å². The van der Waals surface area contributed by atoms with Crippen LogP contribution < -0.4 is 29.1 Å². The summed E-state index contributed by atoms with van der Waals surface area (Å²) in [6.45, 7) is 7.15. The van der Waals surface area contributed by atoms with Crippen LogP contribution in [0.4, 0.5) is 0 Å². The number of aromatic nitrogens is 1. The quantitative estimate of drug-likeness (QED) is 0.322. The molecule has 1 aliphatic rings. The van der Waals surface area contributed by atoms with E-state index >= 15 is 0 Å². The molecule has 9 nitrogen and oxygen atoms in total. The first-order valence-electron chi connectivity index (χ1n) is 12.1. The first-order valence-corrected chi connectivity index (χ1v) is 12.9. The highest BCUT2D eigenvalue weighted by atomic mass is 32.1. The van der Waals surface area contributed by atoms with Crippen molar-refractivity contribution in [2.75, 3.05) is 20.3 Å². The molecule has 1 aromatic heterocycles. The second-order valence-corrected chi connectivity index (χ2v) is 9.29. The minimum Gasteiger partial charge on any atom is -0.496 e. The Kier molecular flexibility index (Phi) is 8.11. The highest BCUT2D eigenvalue weighted by Crippen LogP contribution is 2.35. The van der Waals surface area contributed by atoms with Gasteiger partial charge in [-0.25, -0.2) is 9.79 Å². The number of hydrogen-bond donors (Lipinski definition) is 0. The molecular weight excluding hydrogens is 508 g/mol. The average Bonchev–Trinajstić information content (AvgIpc) is 3.18. The minimum absolute atomic E-state index is 0.185. The molecule has 10 heteroatoms. The van der Waals surface area contributed by atoms with Crippen molar-refractivity contribution < 1.29 is 28.5 Å². The zero-order chi connectivity index (χ0) is 27.4. The van der Waals surface area contributed by atoms with Gasteiger partial charge in [0, 0.05) is 12.5 Å². The van der Waals surface area contributed by atoms with E-state index in [0.717, 1.165) is 0 Å². The summed E-state index contributed by atoms with van der Waals surface area (Å²) in [5, 5.41) is 0. The average molecular weight is 537 g/mol. The van der Waals surface area contributed by atoms with Crippen LogP contribution in [-0.2, 0) is 14.3 Å². The molecule has 0 saturated heterocycles. The summed E-state index contributed by atoms with van der Waals surface area (Å²) in [6.07, 6.45) is 1.71. The molecule has 0 spiro atoms. The Balaban J connectivity index is 1.92. The molecule has 0 saturated carbocycles. The first kappa shape index (κ1) is 26.9. The van der Waals surface area contributed by atoms with Crippen LogP contribution in [0.3, 0.4) is 0 Å². The van der Waals surface area contributed by atoms with Crippen LogP contribution in [0.1, 0.15) is 44.9 Å². The number of carbonyl (C=O) groups excluding carboxylic acids is 2.